The molecule has 4 N–H and O–H groups in total. The number of carbonyl (C=O) groups is 1. The summed E-state index contributed by atoms with van der Waals surface area (Å²) in [4.78, 5) is 39.8. The summed E-state index contributed by atoms with van der Waals surface area (Å²) in [6.07, 6.45) is 9.84. The van der Waals surface area contributed by atoms with Crippen LogP contribution >= 0.6 is 0 Å². The number of carbonyl (C=O) groups excluding carboxylic acids is 1. The Balaban J connectivity index is 0.792. The number of amides is 1. The molecule has 4 heterocycles. The number of hydrogen-bond donors (Lipinski definition) is 4. The molecule has 1 amide bonds. The lowest BCUT2D eigenvalue weighted by Crippen LogP contribution is -2.68. The number of nitro benzene ring substituents is 1. The molecule has 1 atom stereocenters. The van der Waals surface area contributed by atoms with Crippen molar-refractivity contribution in [3.05, 3.63) is 141 Å². The average Bonchev–Trinajstić information content (AvgIpc) is 4.17. The number of sulfonamides is 1. The van der Waals surface area contributed by atoms with Crippen molar-refractivity contribution in [2.45, 2.75) is 113 Å². The van der Waals surface area contributed by atoms with E-state index in [4.69, 9.17) is 9.47 Å². The molecule has 2 aliphatic heterocycles. The van der Waals surface area contributed by atoms with Gasteiger partial charge in [-0.1, -0.05) is 50.2 Å². The number of aromatic nitrogens is 2. The van der Waals surface area contributed by atoms with Gasteiger partial charge in [-0.2, -0.15) is 0 Å². The average molecular weight is 1060 g/mol. The first kappa shape index (κ1) is 51.5. The van der Waals surface area contributed by atoms with E-state index < -0.39 is 42.9 Å². The molecule has 1 unspecified atom stereocenters. The third-order valence-electron chi connectivity index (χ3n) is 16.8. The highest BCUT2D eigenvalue weighted by molar-refractivity contribution is 7.90. The van der Waals surface area contributed by atoms with E-state index in [0.717, 1.165) is 82.5 Å². The summed E-state index contributed by atoms with van der Waals surface area (Å²) in [5, 5.41) is 25.9. The summed E-state index contributed by atoms with van der Waals surface area (Å²) in [5.74, 6) is 0.761. The molecule has 18 heteroatoms. The van der Waals surface area contributed by atoms with Crippen LogP contribution in [0, 0.1) is 27.3 Å². The molecule has 4 aromatic carbocycles. The molecule has 76 heavy (non-hydrogen) atoms. The number of aliphatic hydroxyl groups is 1. The SMILES string of the molecule is COc1cc(CN2CCN(C3CC4(C3)CN(c3ccc(C(=O)NS(=O)(=O)c5ccc(NCC6CCC(C)(O)CC6)c([N+](=O)[O-])c5)c(Oc5cnc6[nH]cc(F)c6c5)c3)C4)C(c3ccccc3C(C)C)C2)ccc1C1CC1. The zero-order valence-electron chi connectivity index (χ0n) is 43.6. The number of piperazine rings is 1. The second-order valence-electron chi connectivity index (χ2n) is 22.7. The van der Waals surface area contributed by atoms with E-state index in [-0.39, 0.29) is 45.5 Å². The first-order valence-electron chi connectivity index (χ1n) is 26.7. The number of ether oxygens (including phenoxy) is 2. The number of pyridine rings is 1. The zero-order valence-corrected chi connectivity index (χ0v) is 44.4. The van der Waals surface area contributed by atoms with Crippen LogP contribution in [0.15, 0.2) is 102 Å². The van der Waals surface area contributed by atoms with Crippen LogP contribution in [0.3, 0.4) is 0 Å². The lowest BCUT2D eigenvalue weighted by Gasteiger charge is -2.63. The second kappa shape index (κ2) is 20.4. The highest BCUT2D eigenvalue weighted by atomic mass is 32.2. The van der Waals surface area contributed by atoms with E-state index in [1.165, 1.54) is 71.8 Å². The Bertz CT molecular complexity index is 3280. The van der Waals surface area contributed by atoms with Gasteiger partial charge in [-0.3, -0.25) is 24.7 Å². The number of benzene rings is 4. The van der Waals surface area contributed by atoms with Gasteiger partial charge in [0.05, 0.1) is 39.7 Å². The molecule has 0 radical (unpaired) electrons. The van der Waals surface area contributed by atoms with Gasteiger partial charge in [0.2, 0.25) is 0 Å². The number of anilines is 2. The number of nitro groups is 1. The summed E-state index contributed by atoms with van der Waals surface area (Å²) in [7, 11) is -2.87. The van der Waals surface area contributed by atoms with E-state index in [2.05, 4.69) is 91.0 Å². The van der Waals surface area contributed by atoms with Crippen LogP contribution in [0.2, 0.25) is 0 Å². The van der Waals surface area contributed by atoms with Crippen molar-refractivity contribution in [2.24, 2.45) is 11.3 Å². The molecule has 2 saturated heterocycles. The smallest absolute Gasteiger partial charge is 0.293 e. The quantitative estimate of drug-likeness (QED) is 0.0498. The fourth-order valence-electron chi connectivity index (χ4n) is 12.4. The summed E-state index contributed by atoms with van der Waals surface area (Å²) in [5.41, 5.74) is 5.37. The van der Waals surface area contributed by atoms with E-state index in [1.807, 2.05) is 0 Å². The number of fused-ring (bicyclic) bond motifs is 1. The maximum Gasteiger partial charge on any atom is 0.293 e. The van der Waals surface area contributed by atoms with Gasteiger partial charge >= 0.3 is 0 Å². The van der Waals surface area contributed by atoms with Crippen LogP contribution in [0.25, 0.3) is 11.0 Å². The number of methoxy groups -OCH3 is 1. The topological polar surface area (TPSA) is 195 Å². The second-order valence-corrected chi connectivity index (χ2v) is 24.4. The standard InChI is InChI=1S/C58H67FN8O8S/c1-36(2)44-7-5-6-8-46(44)52-33-64(32-38-9-14-45(39-10-11-39)53(23-38)74-4)21-22-66(52)41-27-58(28-41)34-65(35-58)40-12-15-47(54(24-40)75-42-25-48-49(59)31-62-55(48)61-30-42)56(68)63-76(72,73)43-13-16-50(51(26-43)67(70)71)60-29-37-17-19-57(3,69)20-18-37/h5-9,12-16,23-26,30-31,36-37,39,41,52,60,69H,10-11,17-22,27-29,32-35H2,1-4H3,(H,61,62)(H,63,68). The Hall–Kier alpha value is -6.60. The number of nitrogens with zero attached hydrogens (tertiary/aromatic N) is 5. The summed E-state index contributed by atoms with van der Waals surface area (Å²) < 4.78 is 56.7. The molecule has 3 saturated carbocycles. The molecule has 2 aromatic heterocycles. The van der Waals surface area contributed by atoms with Crippen LogP contribution in [0.1, 0.15) is 123 Å². The van der Waals surface area contributed by atoms with Crippen molar-refractivity contribution in [1.82, 2.24) is 24.5 Å². The lowest BCUT2D eigenvalue weighted by molar-refractivity contribution is -0.384. The van der Waals surface area contributed by atoms with Gasteiger partial charge in [-0.15, -0.1) is 0 Å². The van der Waals surface area contributed by atoms with Gasteiger partial charge in [0.1, 0.15) is 34.4 Å². The Kier molecular flexibility index (Phi) is 13.8. The van der Waals surface area contributed by atoms with Crippen molar-refractivity contribution in [1.29, 1.82) is 0 Å². The van der Waals surface area contributed by atoms with Crippen molar-refractivity contribution in [3.8, 4) is 17.2 Å². The molecular weight excluding hydrogens is 988 g/mol. The molecule has 6 aromatic rings. The van der Waals surface area contributed by atoms with Crippen LogP contribution in [0.5, 0.6) is 17.2 Å². The monoisotopic (exact) mass is 1050 g/mol. The maximum absolute atomic E-state index is 14.7. The minimum Gasteiger partial charge on any atom is -0.496 e. The van der Waals surface area contributed by atoms with Crippen LogP contribution in [-0.4, -0.2) is 102 Å². The van der Waals surface area contributed by atoms with Gasteiger partial charge in [0.25, 0.3) is 21.6 Å². The van der Waals surface area contributed by atoms with Gasteiger partial charge in [0.15, 0.2) is 0 Å². The minimum absolute atomic E-state index is 0.0197. The van der Waals surface area contributed by atoms with Crippen molar-refractivity contribution >= 4 is 44.0 Å². The van der Waals surface area contributed by atoms with Crippen LogP contribution < -0.4 is 24.4 Å². The van der Waals surface area contributed by atoms with Crippen LogP contribution in [-0.2, 0) is 16.6 Å². The summed E-state index contributed by atoms with van der Waals surface area (Å²) >= 11 is 0. The van der Waals surface area contributed by atoms with Gasteiger partial charge in [-0.25, -0.2) is 22.5 Å². The number of nitrogens with one attached hydrogen (secondary N) is 3. The Morgan fingerprint density at radius 1 is 0.974 bits per heavy atom. The predicted molar refractivity (Wildman–Crippen MR) is 289 cm³/mol. The molecule has 11 rings (SSSR count). The van der Waals surface area contributed by atoms with Gasteiger partial charge in [-0.05, 0) is 135 Å². The molecular formula is C58H67FN8O8S. The Morgan fingerprint density at radius 3 is 2.49 bits per heavy atom. The highest BCUT2D eigenvalue weighted by Crippen LogP contribution is 2.54. The fraction of sp³-hybridized carbons (Fsp3) is 0.448. The van der Waals surface area contributed by atoms with E-state index >= 15 is 0 Å². The van der Waals surface area contributed by atoms with Crippen molar-refractivity contribution < 1.29 is 37.1 Å². The number of aromatic amines is 1. The van der Waals surface area contributed by atoms with E-state index in [1.54, 1.807) is 26.2 Å². The first-order chi connectivity index (χ1) is 36.4. The van der Waals surface area contributed by atoms with Gasteiger partial charge in [0, 0.05) is 87.3 Å². The van der Waals surface area contributed by atoms with Crippen LogP contribution in [0.4, 0.5) is 21.5 Å². The molecule has 5 fully saturated rings. The normalized spacial score (nSPS) is 22.1. The molecule has 16 nitrogen and oxygen atoms in total. The van der Waals surface area contributed by atoms with E-state index in [9.17, 15) is 32.8 Å². The number of rotatable bonds is 17. The third kappa shape index (κ3) is 10.6. The largest absolute Gasteiger partial charge is 0.496 e. The predicted octanol–water partition coefficient (Wildman–Crippen LogP) is 10.4. The zero-order chi connectivity index (χ0) is 53.1. The summed E-state index contributed by atoms with van der Waals surface area (Å²) in [6.45, 7) is 12.0. The van der Waals surface area contributed by atoms with Crippen molar-refractivity contribution in [2.75, 3.05) is 56.6 Å². The van der Waals surface area contributed by atoms with E-state index in [0.29, 0.717) is 42.9 Å². The first-order valence-corrected chi connectivity index (χ1v) is 28.2. The Morgan fingerprint density at radius 2 is 1.75 bits per heavy atom. The molecule has 400 valence electrons. The minimum atomic E-state index is -4.65. The molecule has 3 aliphatic carbocycles. The number of H-pyrrole nitrogens is 1. The lowest BCUT2D eigenvalue weighted by atomic mass is 9.59. The molecule has 5 aliphatic rings. The van der Waals surface area contributed by atoms with Crippen molar-refractivity contribution in [3.63, 3.8) is 0 Å². The number of halogens is 1. The fourth-order valence-corrected chi connectivity index (χ4v) is 13.3. The molecule has 1 spiro atoms. The maximum atomic E-state index is 14.7. The third-order valence-corrected chi connectivity index (χ3v) is 18.1. The van der Waals surface area contributed by atoms with Gasteiger partial charge < -0.3 is 29.8 Å². The molecule has 0 bridgehead atoms. The highest BCUT2D eigenvalue weighted by Gasteiger charge is 2.55. The number of hydrogen-bond acceptors (Lipinski definition) is 13. The summed E-state index contributed by atoms with van der Waals surface area (Å²) in [6, 6.07) is 26.2. The Labute approximate surface area is 443 Å².